The molecule has 0 rings (SSSR count). The van der Waals surface area contributed by atoms with E-state index >= 15 is 0 Å². The highest BCUT2D eigenvalue weighted by molar-refractivity contribution is 6.22. The van der Waals surface area contributed by atoms with E-state index in [4.69, 9.17) is 16.7 Å². The average Bonchev–Trinajstić information content (AvgIpc) is 2.03. The zero-order valence-electron chi connectivity index (χ0n) is 7.41. The maximum absolute atomic E-state index is 10.9. The lowest BCUT2D eigenvalue weighted by atomic mass is 10.2. The van der Waals surface area contributed by atoms with E-state index in [0.717, 1.165) is 6.08 Å². The molecule has 0 saturated carbocycles. The topological polar surface area (TPSA) is 63.6 Å². The fourth-order valence-electron chi connectivity index (χ4n) is 0.545. The van der Waals surface area contributed by atoms with Gasteiger partial charge in [-0.3, -0.25) is 9.59 Å². The standard InChI is InChI=1S/C8H11ClO4/c1-5(9)7(11)3-6(10)4-8(12)13-2/h3,5,11H,4H2,1-2H3. The highest BCUT2D eigenvalue weighted by Crippen LogP contribution is 2.05. The normalized spacial score (nSPS) is 13.6. The van der Waals surface area contributed by atoms with Crippen molar-refractivity contribution in [2.24, 2.45) is 0 Å². The van der Waals surface area contributed by atoms with E-state index in [1.807, 2.05) is 0 Å². The molecule has 0 aromatic carbocycles. The molecule has 4 nitrogen and oxygen atoms in total. The third-order valence-corrected chi connectivity index (χ3v) is 1.49. The fraction of sp³-hybridized carbons (Fsp3) is 0.500. The van der Waals surface area contributed by atoms with Crippen LogP contribution < -0.4 is 0 Å². The Morgan fingerprint density at radius 1 is 1.62 bits per heavy atom. The smallest absolute Gasteiger partial charge is 0.313 e. The van der Waals surface area contributed by atoms with Gasteiger partial charge < -0.3 is 9.84 Å². The average molecular weight is 207 g/mol. The number of hydrogen-bond acceptors (Lipinski definition) is 4. The van der Waals surface area contributed by atoms with Gasteiger partial charge in [-0.15, -0.1) is 11.6 Å². The molecule has 0 aliphatic carbocycles. The van der Waals surface area contributed by atoms with E-state index in [2.05, 4.69) is 4.74 Å². The molecule has 1 N–H and O–H groups in total. The van der Waals surface area contributed by atoms with Gasteiger partial charge in [0.1, 0.15) is 12.2 Å². The fourth-order valence-corrected chi connectivity index (χ4v) is 0.608. The van der Waals surface area contributed by atoms with Crippen LogP contribution >= 0.6 is 11.6 Å². The van der Waals surface area contributed by atoms with Crippen molar-refractivity contribution in [1.82, 2.24) is 0 Å². The van der Waals surface area contributed by atoms with Crippen LogP contribution in [0, 0.1) is 0 Å². The number of ether oxygens (including phenoxy) is 1. The lowest BCUT2D eigenvalue weighted by Crippen LogP contribution is -2.09. The highest BCUT2D eigenvalue weighted by atomic mass is 35.5. The minimum absolute atomic E-state index is 0.254. The maximum Gasteiger partial charge on any atom is 0.313 e. The summed E-state index contributed by atoms with van der Waals surface area (Å²) in [4.78, 5) is 21.5. The van der Waals surface area contributed by atoms with Crippen LogP contribution in [0.5, 0.6) is 0 Å². The molecule has 0 aromatic heterocycles. The van der Waals surface area contributed by atoms with Crippen molar-refractivity contribution in [1.29, 1.82) is 0 Å². The highest BCUT2D eigenvalue weighted by Gasteiger charge is 2.10. The molecule has 0 saturated heterocycles. The van der Waals surface area contributed by atoms with E-state index in [-0.39, 0.29) is 12.2 Å². The molecule has 0 spiro atoms. The van der Waals surface area contributed by atoms with E-state index in [0.29, 0.717) is 0 Å². The summed E-state index contributed by atoms with van der Waals surface area (Å²) in [5.41, 5.74) is 0. The maximum atomic E-state index is 10.9. The molecule has 1 atom stereocenters. The second-order valence-electron chi connectivity index (χ2n) is 2.40. The Balaban J connectivity index is 4.15. The molecule has 0 amide bonds. The van der Waals surface area contributed by atoms with Crippen LogP contribution in [0.2, 0.25) is 0 Å². The van der Waals surface area contributed by atoms with Crippen LogP contribution in [0.1, 0.15) is 13.3 Å². The van der Waals surface area contributed by atoms with Gasteiger partial charge in [0.05, 0.1) is 12.5 Å². The van der Waals surface area contributed by atoms with Crippen molar-refractivity contribution in [3.05, 3.63) is 11.8 Å². The monoisotopic (exact) mass is 206 g/mol. The van der Waals surface area contributed by atoms with Gasteiger partial charge in [-0.1, -0.05) is 0 Å². The van der Waals surface area contributed by atoms with E-state index in [9.17, 15) is 9.59 Å². The van der Waals surface area contributed by atoms with Gasteiger partial charge in [0.2, 0.25) is 0 Å². The lowest BCUT2D eigenvalue weighted by molar-refractivity contribution is -0.142. The Labute approximate surface area is 81.1 Å². The molecular weight excluding hydrogens is 196 g/mol. The molecule has 0 fully saturated rings. The second kappa shape index (κ2) is 5.59. The van der Waals surface area contributed by atoms with Crippen LogP contribution in [0.25, 0.3) is 0 Å². The first kappa shape index (κ1) is 12.0. The Kier molecular flexibility index (Phi) is 5.14. The van der Waals surface area contributed by atoms with Gasteiger partial charge in [-0.05, 0) is 6.92 Å². The Morgan fingerprint density at radius 3 is 2.54 bits per heavy atom. The number of halogens is 1. The minimum Gasteiger partial charge on any atom is -0.511 e. The van der Waals surface area contributed by atoms with Crippen molar-refractivity contribution < 1.29 is 19.4 Å². The van der Waals surface area contributed by atoms with Crippen molar-refractivity contribution in [2.75, 3.05) is 7.11 Å². The van der Waals surface area contributed by atoms with Crippen molar-refractivity contribution in [2.45, 2.75) is 18.7 Å². The van der Waals surface area contributed by atoms with Crippen LogP contribution in [-0.2, 0) is 14.3 Å². The number of esters is 1. The third-order valence-electron chi connectivity index (χ3n) is 1.26. The van der Waals surface area contributed by atoms with Crippen molar-refractivity contribution >= 4 is 23.4 Å². The molecule has 0 aliphatic rings. The van der Waals surface area contributed by atoms with Gasteiger partial charge in [-0.25, -0.2) is 0 Å². The second-order valence-corrected chi connectivity index (χ2v) is 3.06. The van der Waals surface area contributed by atoms with Crippen LogP contribution in [0.15, 0.2) is 11.8 Å². The van der Waals surface area contributed by atoms with Gasteiger partial charge in [0, 0.05) is 6.08 Å². The van der Waals surface area contributed by atoms with Gasteiger partial charge in [-0.2, -0.15) is 0 Å². The van der Waals surface area contributed by atoms with Gasteiger partial charge >= 0.3 is 5.97 Å². The molecule has 74 valence electrons. The van der Waals surface area contributed by atoms with Gasteiger partial charge in [0.15, 0.2) is 5.78 Å². The van der Waals surface area contributed by atoms with Crippen LogP contribution in [0.3, 0.4) is 0 Å². The number of allylic oxidation sites excluding steroid dienone is 2. The van der Waals surface area contributed by atoms with Crippen molar-refractivity contribution in [3.8, 4) is 0 Å². The van der Waals surface area contributed by atoms with Crippen LogP contribution in [0.4, 0.5) is 0 Å². The number of rotatable bonds is 4. The Morgan fingerprint density at radius 2 is 2.15 bits per heavy atom. The van der Waals surface area contributed by atoms with E-state index in [1.54, 1.807) is 0 Å². The summed E-state index contributed by atoms with van der Waals surface area (Å²) >= 11 is 5.46. The molecule has 0 radical (unpaired) electrons. The lowest BCUT2D eigenvalue weighted by Gasteiger charge is -2.00. The largest absolute Gasteiger partial charge is 0.511 e. The quantitative estimate of drug-likeness (QED) is 0.247. The molecule has 0 bridgehead atoms. The molecule has 0 aromatic rings. The molecular formula is C8H11ClO4. The molecule has 1 unspecified atom stereocenters. The number of aliphatic hydroxyl groups is 1. The number of carbonyl (C=O) groups is 2. The van der Waals surface area contributed by atoms with Gasteiger partial charge in [0.25, 0.3) is 0 Å². The summed E-state index contributed by atoms with van der Waals surface area (Å²) in [7, 11) is 1.18. The zero-order chi connectivity index (χ0) is 10.4. The third kappa shape index (κ3) is 5.25. The summed E-state index contributed by atoms with van der Waals surface area (Å²) in [5, 5.41) is 8.40. The molecule has 0 heterocycles. The zero-order valence-corrected chi connectivity index (χ0v) is 8.17. The SMILES string of the molecule is COC(=O)CC(=O)C=C(O)C(C)Cl. The minimum atomic E-state index is -0.642. The summed E-state index contributed by atoms with van der Waals surface area (Å²) in [6.07, 6.45) is 0.540. The first-order chi connectivity index (χ1) is 5.97. The summed E-state index contributed by atoms with van der Waals surface area (Å²) in [6.45, 7) is 1.51. The number of hydrogen-bond donors (Lipinski definition) is 1. The van der Waals surface area contributed by atoms with Crippen LogP contribution in [-0.4, -0.2) is 29.3 Å². The summed E-state index contributed by atoms with van der Waals surface area (Å²) < 4.78 is 4.26. The first-order valence-corrected chi connectivity index (χ1v) is 4.05. The molecule has 5 heteroatoms. The summed E-state index contributed by atoms with van der Waals surface area (Å²) in [5.74, 6) is -1.43. The Bertz CT molecular complexity index is 232. The number of alkyl halides is 1. The van der Waals surface area contributed by atoms with Crippen molar-refractivity contribution in [3.63, 3.8) is 0 Å². The number of ketones is 1. The summed E-state index contributed by atoms with van der Waals surface area (Å²) in [6, 6.07) is 0. The predicted molar refractivity (Wildman–Crippen MR) is 47.7 cm³/mol. The van der Waals surface area contributed by atoms with E-state index < -0.39 is 17.1 Å². The number of methoxy groups -OCH3 is 1. The Hall–Kier alpha value is -1.03. The molecule has 13 heavy (non-hydrogen) atoms. The number of carbonyl (C=O) groups excluding carboxylic acids is 2. The predicted octanol–water partition coefficient (Wildman–Crippen LogP) is 1.19. The first-order valence-electron chi connectivity index (χ1n) is 3.61. The molecule has 0 aliphatic heterocycles. The number of aliphatic hydroxyl groups excluding tert-OH is 1. The van der Waals surface area contributed by atoms with E-state index in [1.165, 1.54) is 14.0 Å².